The second kappa shape index (κ2) is 7.01. The quantitative estimate of drug-likeness (QED) is 0.839. The average molecular weight is 401 g/mol. The Morgan fingerprint density at radius 1 is 1.25 bits per heavy atom. The van der Waals surface area contributed by atoms with E-state index in [1.54, 1.807) is 37.3 Å². The van der Waals surface area contributed by atoms with Crippen LogP contribution in [0.4, 0.5) is 10.1 Å². The molecule has 2 heterocycles. The Bertz CT molecular complexity index is 1080. The molecule has 6 nitrogen and oxygen atoms in total. The standard InChI is InChI=1S/C20H20FN3O3S/c1-13-8-9-15(21)11-17(13)22-20(25)14-5-4-10-24(12-14)19-16-6-2-3-7-18(16)28(26,27)23-19/h2-3,6-9,11,14H,4-5,10,12H2,1H3,(H,22,25). The van der Waals surface area contributed by atoms with E-state index in [4.69, 9.17) is 0 Å². The van der Waals surface area contributed by atoms with Gasteiger partial charge in [0.25, 0.3) is 10.0 Å². The van der Waals surface area contributed by atoms with E-state index in [0.717, 1.165) is 12.0 Å². The summed E-state index contributed by atoms with van der Waals surface area (Å²) in [6, 6.07) is 11.0. The molecule has 2 aromatic carbocycles. The third-order valence-electron chi connectivity index (χ3n) is 5.16. The number of hydrogen-bond donors (Lipinski definition) is 1. The van der Waals surface area contributed by atoms with E-state index in [0.29, 0.717) is 36.6 Å². The Balaban J connectivity index is 1.54. The number of nitrogens with one attached hydrogen (secondary N) is 1. The number of carbonyl (C=O) groups is 1. The minimum atomic E-state index is -3.70. The van der Waals surface area contributed by atoms with E-state index >= 15 is 0 Å². The third-order valence-corrected chi connectivity index (χ3v) is 6.49. The molecule has 2 aromatic rings. The summed E-state index contributed by atoms with van der Waals surface area (Å²) in [5.41, 5.74) is 1.81. The predicted octanol–water partition coefficient (Wildman–Crippen LogP) is 2.93. The molecule has 4 rings (SSSR count). The van der Waals surface area contributed by atoms with Crippen molar-refractivity contribution in [1.29, 1.82) is 0 Å². The van der Waals surface area contributed by atoms with Gasteiger partial charge >= 0.3 is 0 Å². The number of benzene rings is 2. The van der Waals surface area contributed by atoms with Gasteiger partial charge in [0, 0.05) is 24.3 Å². The number of likely N-dealkylation sites (tertiary alicyclic amines) is 1. The van der Waals surface area contributed by atoms with Crippen LogP contribution in [0.5, 0.6) is 0 Å². The molecule has 1 unspecified atom stereocenters. The first-order chi connectivity index (χ1) is 13.3. The topological polar surface area (TPSA) is 78.8 Å². The molecule has 1 atom stereocenters. The lowest BCUT2D eigenvalue weighted by molar-refractivity contribution is -0.121. The van der Waals surface area contributed by atoms with Gasteiger partial charge in [-0.15, -0.1) is 4.40 Å². The summed E-state index contributed by atoms with van der Waals surface area (Å²) in [5.74, 6) is -0.550. The van der Waals surface area contributed by atoms with Gasteiger partial charge in [-0.2, -0.15) is 8.42 Å². The Morgan fingerprint density at radius 3 is 2.86 bits per heavy atom. The molecule has 146 valence electrons. The summed E-state index contributed by atoms with van der Waals surface area (Å²) in [6.07, 6.45) is 1.42. The van der Waals surface area contributed by atoms with Crippen LogP contribution in [0.25, 0.3) is 0 Å². The fourth-order valence-corrected chi connectivity index (χ4v) is 4.89. The van der Waals surface area contributed by atoms with Crippen LogP contribution < -0.4 is 5.32 Å². The van der Waals surface area contributed by atoms with E-state index in [-0.39, 0.29) is 16.7 Å². The number of amidine groups is 1. The molecule has 2 aliphatic heterocycles. The minimum Gasteiger partial charge on any atom is -0.355 e. The number of anilines is 1. The summed E-state index contributed by atoms with van der Waals surface area (Å²) in [5, 5.41) is 2.80. The fraction of sp³-hybridized carbons (Fsp3) is 0.300. The van der Waals surface area contributed by atoms with Crippen LogP contribution in [-0.4, -0.2) is 38.2 Å². The molecule has 0 spiro atoms. The normalized spacial score (nSPS) is 20.4. The SMILES string of the molecule is Cc1ccc(F)cc1NC(=O)C1CCCN(C2=NS(=O)(=O)c3ccccc32)C1. The molecule has 2 aliphatic rings. The number of halogens is 1. The maximum atomic E-state index is 13.5. The van der Waals surface area contributed by atoms with Crippen molar-refractivity contribution in [2.24, 2.45) is 10.3 Å². The molecule has 28 heavy (non-hydrogen) atoms. The highest BCUT2D eigenvalue weighted by Crippen LogP contribution is 2.30. The zero-order chi connectivity index (χ0) is 19.9. The van der Waals surface area contributed by atoms with Gasteiger partial charge in [-0.25, -0.2) is 4.39 Å². The molecule has 1 saturated heterocycles. The number of rotatable bonds is 2. The van der Waals surface area contributed by atoms with Crippen LogP contribution in [0.15, 0.2) is 51.8 Å². The molecule has 8 heteroatoms. The van der Waals surface area contributed by atoms with Crippen LogP contribution in [0.1, 0.15) is 24.0 Å². The minimum absolute atomic E-state index is 0.201. The largest absolute Gasteiger partial charge is 0.355 e. The molecular formula is C20H20FN3O3S. The first kappa shape index (κ1) is 18.6. The van der Waals surface area contributed by atoms with Gasteiger partial charge in [-0.05, 0) is 49.6 Å². The second-order valence-corrected chi connectivity index (χ2v) is 8.69. The van der Waals surface area contributed by atoms with Gasteiger partial charge in [0.15, 0.2) is 5.84 Å². The second-order valence-electron chi connectivity index (χ2n) is 7.12. The summed E-state index contributed by atoms with van der Waals surface area (Å²) < 4.78 is 42.0. The van der Waals surface area contributed by atoms with Crippen molar-refractivity contribution >= 4 is 27.5 Å². The summed E-state index contributed by atoms with van der Waals surface area (Å²) in [7, 11) is -3.70. The molecular weight excluding hydrogens is 381 g/mol. The number of piperidine rings is 1. The van der Waals surface area contributed by atoms with Crippen molar-refractivity contribution < 1.29 is 17.6 Å². The Hall–Kier alpha value is -2.74. The number of amides is 1. The van der Waals surface area contributed by atoms with E-state index in [1.807, 2.05) is 4.90 Å². The van der Waals surface area contributed by atoms with Crippen molar-refractivity contribution in [3.05, 3.63) is 59.4 Å². The lowest BCUT2D eigenvalue weighted by Gasteiger charge is -2.33. The summed E-state index contributed by atoms with van der Waals surface area (Å²) in [6.45, 7) is 2.80. The number of hydrogen-bond acceptors (Lipinski definition) is 4. The predicted molar refractivity (Wildman–Crippen MR) is 104 cm³/mol. The Labute approximate surface area is 163 Å². The number of sulfonamides is 1. The van der Waals surface area contributed by atoms with Gasteiger partial charge in [0.05, 0.1) is 5.92 Å². The number of nitrogens with zero attached hydrogens (tertiary/aromatic N) is 2. The molecule has 1 amide bonds. The first-order valence-electron chi connectivity index (χ1n) is 9.11. The smallest absolute Gasteiger partial charge is 0.285 e. The summed E-state index contributed by atoms with van der Waals surface area (Å²) in [4.78, 5) is 14.8. The fourth-order valence-electron chi connectivity index (χ4n) is 3.66. The summed E-state index contributed by atoms with van der Waals surface area (Å²) >= 11 is 0. The van der Waals surface area contributed by atoms with Gasteiger partial charge in [-0.3, -0.25) is 4.79 Å². The molecule has 0 aliphatic carbocycles. The van der Waals surface area contributed by atoms with Gasteiger partial charge in [0.2, 0.25) is 5.91 Å². The monoisotopic (exact) mass is 401 g/mol. The molecule has 1 fully saturated rings. The highest BCUT2D eigenvalue weighted by atomic mass is 32.2. The molecule has 0 bridgehead atoms. The number of aryl methyl sites for hydroxylation is 1. The number of fused-ring (bicyclic) bond motifs is 1. The van der Waals surface area contributed by atoms with Crippen molar-refractivity contribution in [3.8, 4) is 0 Å². The zero-order valence-electron chi connectivity index (χ0n) is 15.4. The van der Waals surface area contributed by atoms with Crippen LogP contribution in [-0.2, 0) is 14.8 Å². The maximum absolute atomic E-state index is 13.5. The molecule has 0 aromatic heterocycles. The van der Waals surface area contributed by atoms with Crippen molar-refractivity contribution in [2.45, 2.75) is 24.7 Å². The van der Waals surface area contributed by atoms with E-state index in [2.05, 4.69) is 9.71 Å². The Kier molecular flexibility index (Phi) is 4.66. The molecule has 0 radical (unpaired) electrons. The molecule has 0 saturated carbocycles. The van der Waals surface area contributed by atoms with Crippen LogP contribution in [0, 0.1) is 18.7 Å². The number of carbonyl (C=O) groups excluding carboxylic acids is 1. The highest BCUT2D eigenvalue weighted by Gasteiger charge is 2.35. The highest BCUT2D eigenvalue weighted by molar-refractivity contribution is 7.90. The van der Waals surface area contributed by atoms with E-state index in [1.165, 1.54) is 12.1 Å². The lowest BCUT2D eigenvalue weighted by Crippen LogP contribution is -2.43. The van der Waals surface area contributed by atoms with Gasteiger partial charge in [-0.1, -0.05) is 18.2 Å². The van der Waals surface area contributed by atoms with Crippen molar-refractivity contribution in [2.75, 3.05) is 18.4 Å². The third kappa shape index (κ3) is 3.40. The first-order valence-corrected chi connectivity index (χ1v) is 10.6. The van der Waals surface area contributed by atoms with Crippen molar-refractivity contribution in [1.82, 2.24) is 4.90 Å². The Morgan fingerprint density at radius 2 is 2.04 bits per heavy atom. The maximum Gasteiger partial charge on any atom is 0.285 e. The van der Waals surface area contributed by atoms with Gasteiger partial charge in [0.1, 0.15) is 10.7 Å². The average Bonchev–Trinajstić information content (AvgIpc) is 2.96. The van der Waals surface area contributed by atoms with Gasteiger partial charge < -0.3 is 10.2 Å². The van der Waals surface area contributed by atoms with E-state index in [9.17, 15) is 17.6 Å². The van der Waals surface area contributed by atoms with Crippen molar-refractivity contribution in [3.63, 3.8) is 0 Å². The van der Waals surface area contributed by atoms with Crippen LogP contribution >= 0.6 is 0 Å². The zero-order valence-corrected chi connectivity index (χ0v) is 16.2. The molecule has 1 N–H and O–H groups in total. The van der Waals surface area contributed by atoms with Crippen LogP contribution in [0.2, 0.25) is 0 Å². The lowest BCUT2D eigenvalue weighted by atomic mass is 9.96. The van der Waals surface area contributed by atoms with Crippen LogP contribution in [0.3, 0.4) is 0 Å². The van der Waals surface area contributed by atoms with E-state index < -0.39 is 15.8 Å².